The molecule has 1 amide bonds. The fourth-order valence-corrected chi connectivity index (χ4v) is 4.07. The number of carbonyl (C=O) groups excluding carboxylic acids is 1. The van der Waals surface area contributed by atoms with E-state index in [0.717, 1.165) is 32.4 Å². The van der Waals surface area contributed by atoms with Crippen molar-refractivity contribution in [3.05, 3.63) is 0 Å². The molecule has 2 saturated carbocycles. The lowest BCUT2D eigenvalue weighted by Gasteiger charge is -2.27. The van der Waals surface area contributed by atoms with Crippen LogP contribution in [0.5, 0.6) is 0 Å². The van der Waals surface area contributed by atoms with Gasteiger partial charge in [-0.3, -0.25) is 4.79 Å². The van der Waals surface area contributed by atoms with Gasteiger partial charge in [-0.25, -0.2) is 0 Å². The zero-order valence-corrected chi connectivity index (χ0v) is 10.9. The van der Waals surface area contributed by atoms with E-state index in [1.165, 1.54) is 19.3 Å². The van der Waals surface area contributed by atoms with Gasteiger partial charge >= 0.3 is 0 Å². The van der Waals surface area contributed by atoms with Gasteiger partial charge in [0.15, 0.2) is 0 Å². The molecule has 1 saturated heterocycles. The van der Waals surface area contributed by atoms with E-state index in [0.29, 0.717) is 17.9 Å². The van der Waals surface area contributed by atoms with Gasteiger partial charge in [-0.15, -0.1) is 0 Å². The zero-order chi connectivity index (χ0) is 12.5. The SMILES string of the molecule is NC1C2CCC(C2)C1C(=O)NCCC1CCCO1. The van der Waals surface area contributed by atoms with E-state index in [-0.39, 0.29) is 17.9 Å². The Balaban J connectivity index is 1.44. The van der Waals surface area contributed by atoms with Crippen LogP contribution in [0.15, 0.2) is 0 Å². The third kappa shape index (κ3) is 2.28. The molecule has 0 radical (unpaired) electrons. The average molecular weight is 252 g/mol. The maximum absolute atomic E-state index is 12.2. The molecule has 1 heterocycles. The van der Waals surface area contributed by atoms with Gasteiger partial charge < -0.3 is 15.8 Å². The molecule has 3 N–H and O–H groups in total. The molecule has 4 nitrogen and oxygen atoms in total. The molecule has 4 heteroatoms. The maximum atomic E-state index is 12.2. The topological polar surface area (TPSA) is 64.4 Å². The monoisotopic (exact) mass is 252 g/mol. The van der Waals surface area contributed by atoms with E-state index in [4.69, 9.17) is 10.5 Å². The number of fused-ring (bicyclic) bond motifs is 2. The van der Waals surface area contributed by atoms with Crippen molar-refractivity contribution >= 4 is 5.91 Å². The first-order valence-corrected chi connectivity index (χ1v) is 7.40. The Hall–Kier alpha value is -0.610. The molecular formula is C14H24N2O2. The van der Waals surface area contributed by atoms with Crippen LogP contribution < -0.4 is 11.1 Å². The van der Waals surface area contributed by atoms with Gasteiger partial charge in [0, 0.05) is 19.2 Å². The molecule has 3 aliphatic rings. The molecule has 5 unspecified atom stereocenters. The van der Waals surface area contributed by atoms with Gasteiger partial charge in [0.25, 0.3) is 0 Å². The van der Waals surface area contributed by atoms with Crippen molar-refractivity contribution in [2.75, 3.05) is 13.2 Å². The molecule has 0 aromatic rings. The lowest BCUT2D eigenvalue weighted by Crippen LogP contribution is -2.45. The number of ether oxygens (including phenoxy) is 1. The highest BCUT2D eigenvalue weighted by atomic mass is 16.5. The lowest BCUT2D eigenvalue weighted by molar-refractivity contribution is -0.127. The summed E-state index contributed by atoms with van der Waals surface area (Å²) in [6, 6.07) is 0.103. The van der Waals surface area contributed by atoms with Gasteiger partial charge in [-0.05, 0) is 50.4 Å². The van der Waals surface area contributed by atoms with Gasteiger partial charge in [0.05, 0.1) is 12.0 Å². The van der Waals surface area contributed by atoms with Crippen molar-refractivity contribution in [2.45, 2.75) is 50.7 Å². The molecule has 102 valence electrons. The predicted molar refractivity (Wildman–Crippen MR) is 68.9 cm³/mol. The predicted octanol–water partition coefficient (Wildman–Crippen LogP) is 1.05. The normalized spacial score (nSPS) is 42.4. The molecule has 18 heavy (non-hydrogen) atoms. The molecular weight excluding hydrogens is 228 g/mol. The van der Waals surface area contributed by atoms with Crippen LogP contribution in [0.3, 0.4) is 0 Å². The number of hydrogen-bond acceptors (Lipinski definition) is 3. The van der Waals surface area contributed by atoms with Gasteiger partial charge in [0.2, 0.25) is 5.91 Å². The first kappa shape index (κ1) is 12.4. The molecule has 0 aromatic carbocycles. The quantitative estimate of drug-likeness (QED) is 0.786. The molecule has 3 rings (SSSR count). The Morgan fingerprint density at radius 3 is 2.78 bits per heavy atom. The number of rotatable bonds is 4. The van der Waals surface area contributed by atoms with Crippen molar-refractivity contribution in [3.8, 4) is 0 Å². The minimum atomic E-state index is 0.0771. The first-order valence-electron chi connectivity index (χ1n) is 7.40. The second-order valence-electron chi connectivity index (χ2n) is 6.15. The third-order valence-corrected chi connectivity index (χ3v) is 5.07. The van der Waals surface area contributed by atoms with Gasteiger partial charge in [-0.2, -0.15) is 0 Å². The van der Waals surface area contributed by atoms with Crippen molar-refractivity contribution in [3.63, 3.8) is 0 Å². The Morgan fingerprint density at radius 2 is 2.11 bits per heavy atom. The molecule has 2 aliphatic carbocycles. The summed E-state index contributed by atoms with van der Waals surface area (Å²) in [6.45, 7) is 1.62. The Bertz CT molecular complexity index is 313. The largest absolute Gasteiger partial charge is 0.378 e. The standard InChI is InChI=1S/C14H24N2O2/c15-13-10-4-3-9(8-10)12(13)14(17)16-6-5-11-2-1-7-18-11/h9-13H,1-8,15H2,(H,16,17). The maximum Gasteiger partial charge on any atom is 0.224 e. The number of amides is 1. The van der Waals surface area contributed by atoms with Crippen LogP contribution in [-0.4, -0.2) is 31.2 Å². The number of nitrogens with one attached hydrogen (secondary N) is 1. The van der Waals surface area contributed by atoms with E-state index < -0.39 is 0 Å². The summed E-state index contributed by atoms with van der Waals surface area (Å²) in [7, 11) is 0. The fraction of sp³-hybridized carbons (Fsp3) is 0.929. The van der Waals surface area contributed by atoms with E-state index in [9.17, 15) is 4.79 Å². The fourth-order valence-electron chi connectivity index (χ4n) is 4.07. The summed E-state index contributed by atoms with van der Waals surface area (Å²) in [6.07, 6.45) is 7.21. The molecule has 2 bridgehead atoms. The van der Waals surface area contributed by atoms with E-state index in [1.807, 2.05) is 0 Å². The molecule has 1 aliphatic heterocycles. The Kier molecular flexibility index (Phi) is 3.57. The minimum absolute atomic E-state index is 0.0771. The summed E-state index contributed by atoms with van der Waals surface area (Å²) >= 11 is 0. The number of nitrogens with two attached hydrogens (primary N) is 1. The van der Waals surface area contributed by atoms with Crippen LogP contribution in [0, 0.1) is 17.8 Å². The minimum Gasteiger partial charge on any atom is -0.378 e. The van der Waals surface area contributed by atoms with Crippen LogP contribution in [0.25, 0.3) is 0 Å². The van der Waals surface area contributed by atoms with E-state index in [2.05, 4.69) is 5.32 Å². The number of hydrogen-bond donors (Lipinski definition) is 2. The summed E-state index contributed by atoms with van der Waals surface area (Å²) in [5.74, 6) is 1.41. The molecule has 3 fully saturated rings. The van der Waals surface area contributed by atoms with Gasteiger partial charge in [-0.1, -0.05) is 0 Å². The second-order valence-corrected chi connectivity index (χ2v) is 6.15. The third-order valence-electron chi connectivity index (χ3n) is 5.07. The van der Waals surface area contributed by atoms with Crippen molar-refractivity contribution in [1.82, 2.24) is 5.32 Å². The Labute approximate surface area is 109 Å². The Morgan fingerprint density at radius 1 is 1.28 bits per heavy atom. The lowest BCUT2D eigenvalue weighted by atomic mass is 9.84. The highest BCUT2D eigenvalue weighted by Crippen LogP contribution is 2.47. The van der Waals surface area contributed by atoms with Crippen LogP contribution in [0.4, 0.5) is 0 Å². The highest BCUT2D eigenvalue weighted by Gasteiger charge is 2.48. The molecule has 0 aromatic heterocycles. The molecule has 5 atom stereocenters. The molecule has 0 spiro atoms. The van der Waals surface area contributed by atoms with Crippen LogP contribution in [0.2, 0.25) is 0 Å². The summed E-state index contributed by atoms with van der Waals surface area (Å²) in [4.78, 5) is 12.2. The first-order chi connectivity index (χ1) is 8.75. The van der Waals surface area contributed by atoms with Crippen molar-refractivity contribution in [1.29, 1.82) is 0 Å². The van der Waals surface area contributed by atoms with E-state index in [1.54, 1.807) is 0 Å². The van der Waals surface area contributed by atoms with Crippen molar-refractivity contribution in [2.24, 2.45) is 23.5 Å². The van der Waals surface area contributed by atoms with E-state index >= 15 is 0 Å². The summed E-state index contributed by atoms with van der Waals surface area (Å²) in [5.41, 5.74) is 6.17. The van der Waals surface area contributed by atoms with Crippen LogP contribution in [-0.2, 0) is 9.53 Å². The zero-order valence-electron chi connectivity index (χ0n) is 10.9. The number of carbonyl (C=O) groups is 1. The average Bonchev–Trinajstić information content (AvgIpc) is 3.03. The highest BCUT2D eigenvalue weighted by molar-refractivity contribution is 5.80. The van der Waals surface area contributed by atoms with Crippen LogP contribution >= 0.6 is 0 Å². The van der Waals surface area contributed by atoms with Crippen LogP contribution in [0.1, 0.15) is 38.5 Å². The van der Waals surface area contributed by atoms with Gasteiger partial charge in [0.1, 0.15) is 0 Å². The van der Waals surface area contributed by atoms with Crippen molar-refractivity contribution < 1.29 is 9.53 Å². The smallest absolute Gasteiger partial charge is 0.224 e. The summed E-state index contributed by atoms with van der Waals surface area (Å²) in [5, 5.41) is 3.07. The summed E-state index contributed by atoms with van der Waals surface area (Å²) < 4.78 is 5.55. The second kappa shape index (κ2) is 5.17.